The molecule has 3 amide bonds. The normalized spacial score (nSPS) is 13.8. The fraction of sp³-hybridized carbons (Fsp3) is 0.800. The molecule has 0 spiro atoms. The summed E-state index contributed by atoms with van der Waals surface area (Å²) in [6.07, 6.45) is 0.217. The number of esters is 2. The number of hydrogen-bond donors (Lipinski definition) is 3. The van der Waals surface area contributed by atoms with Gasteiger partial charge in [0, 0.05) is 25.8 Å². The predicted molar refractivity (Wildman–Crippen MR) is 133 cm³/mol. The zero-order valence-corrected chi connectivity index (χ0v) is 23.0. The number of carbonyl (C=O) groups excluding carboxylic acids is 5. The fourth-order valence-electron chi connectivity index (χ4n) is 2.78. The van der Waals surface area contributed by atoms with E-state index in [2.05, 4.69) is 16.0 Å². The van der Waals surface area contributed by atoms with Crippen LogP contribution in [-0.2, 0) is 28.7 Å². The molecule has 10 nitrogen and oxygen atoms in total. The molecule has 0 heterocycles. The minimum atomic E-state index is -1.26. The minimum Gasteiger partial charge on any atom is -0.460 e. The Morgan fingerprint density at radius 2 is 1.31 bits per heavy atom. The Bertz CT molecular complexity index is 758. The quantitative estimate of drug-likeness (QED) is 0.371. The van der Waals surface area contributed by atoms with Gasteiger partial charge in [-0.3, -0.25) is 14.4 Å². The first-order valence-corrected chi connectivity index (χ1v) is 12.0. The summed E-state index contributed by atoms with van der Waals surface area (Å²) in [5.41, 5.74) is -2.02. The number of Topliss-reactive ketones (excluding diaryl/α,β-unsaturated/α-hetero) is 1. The Labute approximate surface area is 209 Å². The molecule has 0 radical (unpaired) electrons. The van der Waals surface area contributed by atoms with E-state index in [0.29, 0.717) is 6.42 Å². The Morgan fingerprint density at radius 3 is 1.77 bits per heavy atom. The van der Waals surface area contributed by atoms with Crippen molar-refractivity contribution in [2.75, 3.05) is 6.54 Å². The number of urea groups is 1. The summed E-state index contributed by atoms with van der Waals surface area (Å²) >= 11 is 0. The molecule has 0 saturated carbocycles. The third kappa shape index (κ3) is 15.8. The summed E-state index contributed by atoms with van der Waals surface area (Å²) in [7, 11) is 0. The summed E-state index contributed by atoms with van der Waals surface area (Å²) < 4.78 is 10.7. The lowest BCUT2D eigenvalue weighted by atomic mass is 9.86. The molecule has 0 rings (SSSR count). The molecule has 0 aromatic carbocycles. The number of ketones is 1. The first kappa shape index (κ1) is 32.4. The Balaban J connectivity index is 5.31. The summed E-state index contributed by atoms with van der Waals surface area (Å²) in [6.45, 7) is 17.7. The highest BCUT2D eigenvalue weighted by Crippen LogP contribution is 2.19. The highest BCUT2D eigenvalue weighted by atomic mass is 16.6. The van der Waals surface area contributed by atoms with Gasteiger partial charge in [0.25, 0.3) is 0 Å². The third-order valence-electron chi connectivity index (χ3n) is 4.67. The average molecular weight is 500 g/mol. The number of rotatable bonds is 11. The fourth-order valence-corrected chi connectivity index (χ4v) is 2.78. The number of hydrogen-bond acceptors (Lipinski definition) is 7. The van der Waals surface area contributed by atoms with Gasteiger partial charge in [0.15, 0.2) is 0 Å². The van der Waals surface area contributed by atoms with Crippen LogP contribution in [0, 0.1) is 5.41 Å². The second-order valence-electron chi connectivity index (χ2n) is 11.6. The van der Waals surface area contributed by atoms with Crippen molar-refractivity contribution in [3.05, 3.63) is 0 Å². The topological polar surface area (TPSA) is 140 Å². The van der Waals surface area contributed by atoms with Gasteiger partial charge >= 0.3 is 18.0 Å². The van der Waals surface area contributed by atoms with Gasteiger partial charge in [-0.2, -0.15) is 0 Å². The smallest absolute Gasteiger partial charge is 0.329 e. The minimum absolute atomic E-state index is 0.00296. The van der Waals surface area contributed by atoms with Crippen LogP contribution in [0.4, 0.5) is 4.79 Å². The molecule has 0 aliphatic rings. The Morgan fingerprint density at radius 1 is 0.771 bits per heavy atom. The second-order valence-corrected chi connectivity index (χ2v) is 11.6. The van der Waals surface area contributed by atoms with Crippen LogP contribution < -0.4 is 16.0 Å². The average Bonchev–Trinajstić information content (AvgIpc) is 2.64. The van der Waals surface area contributed by atoms with E-state index in [1.165, 1.54) is 0 Å². The Kier molecular flexibility index (Phi) is 12.4. The molecule has 3 N–H and O–H groups in total. The molecule has 0 aliphatic heterocycles. The summed E-state index contributed by atoms with van der Waals surface area (Å²) in [5.74, 6) is -1.71. The maximum Gasteiger partial charge on any atom is 0.329 e. The molecular weight excluding hydrogens is 454 g/mol. The van der Waals surface area contributed by atoms with Gasteiger partial charge in [-0.25, -0.2) is 9.59 Å². The van der Waals surface area contributed by atoms with E-state index in [4.69, 9.17) is 9.47 Å². The van der Waals surface area contributed by atoms with Crippen LogP contribution in [0.25, 0.3) is 0 Å². The maximum atomic E-state index is 12.8. The van der Waals surface area contributed by atoms with Crippen molar-refractivity contribution in [1.29, 1.82) is 0 Å². The van der Waals surface area contributed by atoms with Gasteiger partial charge in [-0.15, -0.1) is 0 Å². The largest absolute Gasteiger partial charge is 0.460 e. The lowest BCUT2D eigenvalue weighted by Gasteiger charge is -2.32. The molecule has 0 fully saturated rings. The van der Waals surface area contributed by atoms with E-state index in [-0.39, 0.29) is 31.1 Å². The molecule has 202 valence electrons. The zero-order chi connectivity index (χ0) is 27.6. The van der Waals surface area contributed by atoms with Gasteiger partial charge < -0.3 is 25.4 Å². The highest BCUT2D eigenvalue weighted by molar-refractivity contribution is 5.88. The van der Waals surface area contributed by atoms with E-state index < -0.39 is 53.1 Å². The van der Waals surface area contributed by atoms with E-state index >= 15 is 0 Å². The van der Waals surface area contributed by atoms with Gasteiger partial charge in [-0.1, -0.05) is 27.7 Å². The molecule has 2 atom stereocenters. The van der Waals surface area contributed by atoms with Crippen molar-refractivity contribution in [3.63, 3.8) is 0 Å². The van der Waals surface area contributed by atoms with Crippen molar-refractivity contribution in [3.8, 4) is 0 Å². The van der Waals surface area contributed by atoms with E-state index in [1.54, 1.807) is 48.5 Å². The number of carbonyl (C=O) groups is 5. The Hall–Kier alpha value is -2.65. The molecule has 0 unspecified atom stereocenters. The van der Waals surface area contributed by atoms with Gasteiger partial charge in [0.1, 0.15) is 23.0 Å². The zero-order valence-electron chi connectivity index (χ0n) is 23.0. The molecule has 10 heteroatoms. The summed E-state index contributed by atoms with van der Waals surface area (Å²) in [4.78, 5) is 61.4. The van der Waals surface area contributed by atoms with Crippen LogP contribution in [0.15, 0.2) is 0 Å². The van der Waals surface area contributed by atoms with E-state index in [0.717, 1.165) is 0 Å². The first-order valence-electron chi connectivity index (χ1n) is 12.0. The summed E-state index contributed by atoms with van der Waals surface area (Å²) in [5, 5.41) is 8.02. The SMILES string of the molecule is CCC(=O)CCC(=O)NC[C@H](NC(=O)N[C@@H](CC(=O)OC(C)(C)C)C(=O)OC(C)(C)C)C(C)(C)C. The highest BCUT2D eigenvalue weighted by Gasteiger charge is 2.33. The second kappa shape index (κ2) is 13.4. The molecule has 0 aromatic rings. The van der Waals surface area contributed by atoms with Gasteiger partial charge in [0.05, 0.1) is 12.5 Å². The summed E-state index contributed by atoms with van der Waals surface area (Å²) in [6, 6.07) is -2.46. The van der Waals surface area contributed by atoms with Crippen LogP contribution in [0.2, 0.25) is 0 Å². The number of amides is 3. The van der Waals surface area contributed by atoms with Crippen molar-refractivity contribution in [1.82, 2.24) is 16.0 Å². The third-order valence-corrected chi connectivity index (χ3v) is 4.67. The van der Waals surface area contributed by atoms with Gasteiger partial charge in [-0.05, 0) is 47.0 Å². The molecule has 0 saturated heterocycles. The first-order chi connectivity index (χ1) is 15.7. The molecule has 35 heavy (non-hydrogen) atoms. The van der Waals surface area contributed by atoms with E-state index in [9.17, 15) is 24.0 Å². The van der Waals surface area contributed by atoms with Crippen molar-refractivity contribution in [2.24, 2.45) is 5.41 Å². The van der Waals surface area contributed by atoms with Crippen LogP contribution in [-0.4, -0.2) is 59.5 Å². The molecular formula is C25H45N3O7. The standard InChI is InChI=1S/C25H45N3O7/c1-11-16(29)12-13-19(30)26-15-18(23(2,3)4)28-22(33)27-17(21(32)35-25(8,9)10)14-20(31)34-24(5,6)7/h17-18H,11-15H2,1-10H3,(H,26,30)(H2,27,28,33)/t17-,18-/m0/s1. The van der Waals surface area contributed by atoms with E-state index in [1.807, 2.05) is 20.8 Å². The molecule has 0 aromatic heterocycles. The monoisotopic (exact) mass is 499 g/mol. The number of ether oxygens (including phenoxy) is 2. The lowest BCUT2D eigenvalue weighted by molar-refractivity contribution is -0.164. The van der Waals surface area contributed by atoms with Crippen LogP contribution >= 0.6 is 0 Å². The maximum absolute atomic E-state index is 12.8. The molecule has 0 bridgehead atoms. The van der Waals surface area contributed by atoms with Crippen LogP contribution in [0.5, 0.6) is 0 Å². The van der Waals surface area contributed by atoms with Crippen molar-refractivity contribution in [2.45, 2.75) is 118 Å². The van der Waals surface area contributed by atoms with Crippen molar-refractivity contribution >= 4 is 29.7 Å². The predicted octanol–water partition coefficient (Wildman–Crippen LogP) is 3.02. The van der Waals surface area contributed by atoms with Crippen molar-refractivity contribution < 1.29 is 33.4 Å². The van der Waals surface area contributed by atoms with Gasteiger partial charge in [0.2, 0.25) is 5.91 Å². The van der Waals surface area contributed by atoms with Crippen LogP contribution in [0.3, 0.4) is 0 Å². The number of nitrogens with one attached hydrogen (secondary N) is 3. The molecule has 0 aliphatic carbocycles. The van der Waals surface area contributed by atoms with Crippen LogP contribution in [0.1, 0.15) is 94.9 Å². The lowest BCUT2D eigenvalue weighted by Crippen LogP contribution is -2.56.